The Balaban J connectivity index is 1.29. The highest BCUT2D eigenvalue weighted by Crippen LogP contribution is 2.20. The largest absolute Gasteiger partial charge is 0.441 e. The van der Waals surface area contributed by atoms with Crippen LogP contribution in [0, 0.1) is 0 Å². The number of hydrogen-bond donors (Lipinski definition) is 2. The lowest BCUT2D eigenvalue weighted by molar-refractivity contribution is 0.0938. The average Bonchev–Trinajstić information content (AvgIpc) is 3.41. The van der Waals surface area contributed by atoms with Crippen molar-refractivity contribution in [3.8, 4) is 0 Å². The third kappa shape index (κ3) is 4.05. The van der Waals surface area contributed by atoms with Crippen molar-refractivity contribution < 1.29 is 9.21 Å². The Labute approximate surface area is 179 Å². The summed E-state index contributed by atoms with van der Waals surface area (Å²) < 4.78 is 5.85. The molecule has 0 fully saturated rings. The Morgan fingerprint density at radius 2 is 1.77 bits per heavy atom. The van der Waals surface area contributed by atoms with Crippen molar-refractivity contribution in [1.29, 1.82) is 0 Å². The summed E-state index contributed by atoms with van der Waals surface area (Å²) in [6.45, 7) is 1.91. The van der Waals surface area contributed by atoms with Crippen LogP contribution in [0.15, 0.2) is 77.2 Å². The first-order valence-electron chi connectivity index (χ1n) is 10.3. The Hall–Kier alpha value is -3.93. The van der Waals surface area contributed by atoms with Crippen molar-refractivity contribution >= 4 is 28.0 Å². The van der Waals surface area contributed by atoms with Crippen LogP contribution in [0.3, 0.4) is 0 Å². The van der Waals surface area contributed by atoms with E-state index in [-0.39, 0.29) is 11.9 Å². The van der Waals surface area contributed by atoms with Gasteiger partial charge in [0.05, 0.1) is 17.1 Å². The number of amides is 1. The van der Waals surface area contributed by atoms with E-state index in [1.165, 1.54) is 5.56 Å². The zero-order valence-electron chi connectivity index (χ0n) is 17.1. The summed E-state index contributed by atoms with van der Waals surface area (Å²) in [5.74, 6) is 1.22. The maximum atomic E-state index is 12.8. The molecule has 2 aromatic heterocycles. The fourth-order valence-electron chi connectivity index (χ4n) is 3.65. The quantitative estimate of drug-likeness (QED) is 0.413. The molecule has 0 unspecified atom stereocenters. The summed E-state index contributed by atoms with van der Waals surface area (Å²) in [7, 11) is 0. The number of nitrogens with zero attached hydrogens (tertiary/aromatic N) is 2. The highest BCUT2D eigenvalue weighted by Gasteiger charge is 2.16. The number of benzene rings is 3. The number of para-hydroxylation sites is 2. The lowest BCUT2D eigenvalue weighted by Crippen LogP contribution is -2.27. The molecule has 1 amide bonds. The predicted octanol–water partition coefficient (Wildman–Crippen LogP) is 4.98. The Morgan fingerprint density at radius 1 is 0.968 bits per heavy atom. The first-order valence-corrected chi connectivity index (χ1v) is 10.3. The molecule has 2 N–H and O–H groups in total. The highest BCUT2D eigenvalue weighted by atomic mass is 16.3. The number of H-pyrrole nitrogens is 1. The van der Waals surface area contributed by atoms with Gasteiger partial charge in [-0.1, -0.05) is 42.5 Å². The van der Waals surface area contributed by atoms with E-state index in [9.17, 15) is 4.79 Å². The Bertz CT molecular complexity index is 1320. The molecule has 0 aliphatic rings. The minimum Gasteiger partial charge on any atom is -0.441 e. The normalized spacial score (nSPS) is 12.3. The van der Waals surface area contributed by atoms with Crippen LogP contribution in [0.4, 0.5) is 0 Å². The molecule has 0 saturated heterocycles. The monoisotopic (exact) mass is 410 g/mol. The van der Waals surface area contributed by atoms with Crippen LogP contribution in [-0.2, 0) is 12.8 Å². The highest BCUT2D eigenvalue weighted by molar-refractivity contribution is 5.97. The molecule has 0 aliphatic heterocycles. The Morgan fingerprint density at radius 3 is 2.61 bits per heavy atom. The smallest absolute Gasteiger partial charge is 0.251 e. The van der Waals surface area contributed by atoms with Crippen molar-refractivity contribution in [2.75, 3.05) is 0 Å². The first-order chi connectivity index (χ1) is 15.2. The number of aryl methyl sites for hydroxylation is 2. The molecule has 3 aromatic carbocycles. The number of nitrogens with one attached hydrogen (secondary N) is 2. The van der Waals surface area contributed by atoms with E-state index in [4.69, 9.17) is 4.42 Å². The molecule has 154 valence electrons. The summed E-state index contributed by atoms with van der Waals surface area (Å²) >= 11 is 0. The van der Waals surface area contributed by atoms with Crippen LogP contribution in [-0.4, -0.2) is 20.9 Å². The fourth-order valence-corrected chi connectivity index (χ4v) is 3.65. The molecule has 31 heavy (non-hydrogen) atoms. The fraction of sp³-hybridized carbons (Fsp3) is 0.160. The summed E-state index contributed by atoms with van der Waals surface area (Å²) in [5.41, 5.74) is 4.98. The SMILES string of the molecule is C[C@H](NC(=O)c1ccc2oc(CCc3ccccc3)nc2c1)c1nc2ccccc2[nH]1. The van der Waals surface area contributed by atoms with E-state index >= 15 is 0 Å². The topological polar surface area (TPSA) is 83.8 Å². The number of carbonyl (C=O) groups is 1. The van der Waals surface area contributed by atoms with E-state index in [0.29, 0.717) is 29.0 Å². The molecule has 0 aliphatic carbocycles. The number of rotatable bonds is 6. The molecule has 0 radical (unpaired) electrons. The minimum absolute atomic E-state index is 0.177. The molecule has 6 nitrogen and oxygen atoms in total. The van der Waals surface area contributed by atoms with Gasteiger partial charge in [-0.05, 0) is 49.2 Å². The van der Waals surface area contributed by atoms with Gasteiger partial charge in [0.15, 0.2) is 11.5 Å². The van der Waals surface area contributed by atoms with Crippen molar-refractivity contribution in [3.05, 3.63) is 95.6 Å². The van der Waals surface area contributed by atoms with Gasteiger partial charge in [-0.15, -0.1) is 0 Å². The molecule has 5 rings (SSSR count). The number of oxazole rings is 1. The first kappa shape index (κ1) is 19.1. The molecular weight excluding hydrogens is 388 g/mol. The zero-order valence-corrected chi connectivity index (χ0v) is 17.1. The number of carbonyl (C=O) groups excluding carboxylic acids is 1. The lowest BCUT2D eigenvalue weighted by atomic mass is 10.1. The minimum atomic E-state index is -0.255. The molecule has 0 saturated carbocycles. The second kappa shape index (κ2) is 8.07. The van der Waals surface area contributed by atoms with Crippen LogP contribution >= 0.6 is 0 Å². The van der Waals surface area contributed by atoms with Gasteiger partial charge < -0.3 is 14.7 Å². The van der Waals surface area contributed by atoms with Gasteiger partial charge >= 0.3 is 0 Å². The van der Waals surface area contributed by atoms with Crippen molar-refractivity contribution in [2.24, 2.45) is 0 Å². The van der Waals surface area contributed by atoms with Gasteiger partial charge in [-0.3, -0.25) is 4.79 Å². The molecule has 2 heterocycles. The number of hydrogen-bond acceptors (Lipinski definition) is 4. The predicted molar refractivity (Wildman–Crippen MR) is 120 cm³/mol. The number of aromatic amines is 1. The van der Waals surface area contributed by atoms with Gasteiger partial charge in [0, 0.05) is 12.0 Å². The van der Waals surface area contributed by atoms with E-state index in [1.807, 2.05) is 49.4 Å². The van der Waals surface area contributed by atoms with Gasteiger partial charge in [0.1, 0.15) is 11.3 Å². The van der Waals surface area contributed by atoms with Crippen LogP contribution in [0.2, 0.25) is 0 Å². The maximum Gasteiger partial charge on any atom is 0.251 e. The van der Waals surface area contributed by atoms with Gasteiger partial charge in [0.25, 0.3) is 5.91 Å². The average molecular weight is 410 g/mol. The van der Waals surface area contributed by atoms with Crippen LogP contribution in [0.1, 0.15) is 40.6 Å². The van der Waals surface area contributed by atoms with Crippen LogP contribution in [0.25, 0.3) is 22.1 Å². The summed E-state index contributed by atoms with van der Waals surface area (Å²) in [6, 6.07) is 23.1. The molecule has 5 aromatic rings. The van der Waals surface area contributed by atoms with Crippen molar-refractivity contribution in [3.63, 3.8) is 0 Å². The van der Waals surface area contributed by atoms with E-state index in [0.717, 1.165) is 23.3 Å². The molecule has 0 spiro atoms. The van der Waals surface area contributed by atoms with E-state index in [1.54, 1.807) is 18.2 Å². The second-order valence-electron chi connectivity index (χ2n) is 7.61. The molecule has 0 bridgehead atoms. The Kier molecular flexibility index (Phi) is 4.96. The maximum absolute atomic E-state index is 12.8. The standard InChI is InChI=1S/C25H22N4O2/c1-16(24-28-19-9-5-6-10-20(19)29-24)26-25(30)18-12-13-22-21(15-18)27-23(31-22)14-11-17-7-3-2-4-8-17/h2-10,12-13,15-16H,11,14H2,1H3,(H,26,30)(H,28,29)/t16-/m0/s1. The van der Waals surface area contributed by atoms with Crippen LogP contribution in [0.5, 0.6) is 0 Å². The lowest BCUT2D eigenvalue weighted by Gasteiger charge is -2.11. The summed E-state index contributed by atoms with van der Waals surface area (Å²) in [4.78, 5) is 25.2. The zero-order chi connectivity index (χ0) is 21.2. The van der Waals surface area contributed by atoms with Gasteiger partial charge in [-0.25, -0.2) is 9.97 Å². The van der Waals surface area contributed by atoms with E-state index in [2.05, 4.69) is 32.4 Å². The summed E-state index contributed by atoms with van der Waals surface area (Å²) in [6.07, 6.45) is 1.57. The van der Waals surface area contributed by atoms with Crippen molar-refractivity contribution in [2.45, 2.75) is 25.8 Å². The molecular formula is C25H22N4O2. The third-order valence-electron chi connectivity index (χ3n) is 5.33. The van der Waals surface area contributed by atoms with Crippen LogP contribution < -0.4 is 5.32 Å². The van der Waals surface area contributed by atoms with Crippen molar-refractivity contribution in [1.82, 2.24) is 20.3 Å². The third-order valence-corrected chi connectivity index (χ3v) is 5.33. The van der Waals surface area contributed by atoms with Gasteiger partial charge in [0.2, 0.25) is 0 Å². The number of fused-ring (bicyclic) bond motifs is 2. The second-order valence-corrected chi connectivity index (χ2v) is 7.61. The molecule has 6 heteroatoms. The molecule has 1 atom stereocenters. The van der Waals surface area contributed by atoms with E-state index < -0.39 is 0 Å². The summed E-state index contributed by atoms with van der Waals surface area (Å²) in [5, 5.41) is 3.00. The number of aromatic nitrogens is 3. The van der Waals surface area contributed by atoms with Gasteiger partial charge in [-0.2, -0.15) is 0 Å². The number of imidazole rings is 1.